The van der Waals surface area contributed by atoms with Crippen LogP contribution in [0.5, 0.6) is 5.75 Å². The molecule has 8 nitrogen and oxygen atoms in total. The van der Waals surface area contributed by atoms with Crippen LogP contribution in [-0.4, -0.2) is 68.9 Å². The molecule has 2 fully saturated rings. The number of amides is 1. The first-order valence-corrected chi connectivity index (χ1v) is 14.5. The van der Waals surface area contributed by atoms with E-state index in [4.69, 9.17) is 4.74 Å². The number of piperazine rings is 1. The van der Waals surface area contributed by atoms with Crippen LogP contribution in [0.3, 0.4) is 0 Å². The molecule has 2 aromatic carbocycles. The van der Waals surface area contributed by atoms with Gasteiger partial charge in [-0.05, 0) is 49.1 Å². The van der Waals surface area contributed by atoms with Crippen molar-refractivity contribution in [3.8, 4) is 5.75 Å². The largest absolute Gasteiger partial charge is 0.495 e. The highest BCUT2D eigenvalue weighted by Gasteiger charge is 2.26. The summed E-state index contributed by atoms with van der Waals surface area (Å²) < 4.78 is 34.6. The van der Waals surface area contributed by atoms with E-state index in [-0.39, 0.29) is 16.5 Å². The van der Waals surface area contributed by atoms with Gasteiger partial charge in [-0.2, -0.15) is 0 Å². The van der Waals surface area contributed by atoms with E-state index in [2.05, 4.69) is 14.6 Å². The van der Waals surface area contributed by atoms with Gasteiger partial charge in [-0.3, -0.25) is 19.4 Å². The fraction of sp³-hybridized carbons (Fsp3) is 0.429. The Morgan fingerprint density at radius 3 is 2.54 bits per heavy atom. The number of methoxy groups -OCH3 is 1. The number of nitrogens with zero attached hydrogens (tertiary/aromatic N) is 3. The van der Waals surface area contributed by atoms with Gasteiger partial charge in [0.15, 0.2) is 0 Å². The molecular formula is C28H34N4O4S. The highest BCUT2D eigenvalue weighted by molar-refractivity contribution is 7.93. The molecule has 0 spiro atoms. The van der Waals surface area contributed by atoms with Gasteiger partial charge in [0, 0.05) is 49.9 Å². The summed E-state index contributed by atoms with van der Waals surface area (Å²) in [4.78, 5) is 21.9. The quantitative estimate of drug-likeness (QED) is 0.495. The van der Waals surface area contributed by atoms with Crippen LogP contribution in [0.15, 0.2) is 59.6 Å². The Labute approximate surface area is 218 Å². The number of hydrogen-bond acceptors (Lipinski definition) is 6. The second-order valence-electron chi connectivity index (χ2n) is 9.95. The Bertz CT molecular complexity index is 1360. The molecule has 2 heterocycles. The molecule has 37 heavy (non-hydrogen) atoms. The van der Waals surface area contributed by atoms with Gasteiger partial charge in [0.05, 0.1) is 18.3 Å². The first-order chi connectivity index (χ1) is 17.9. The molecule has 0 atom stereocenters. The maximum atomic E-state index is 13.2. The Hall–Kier alpha value is -3.17. The second-order valence-corrected chi connectivity index (χ2v) is 11.6. The third-order valence-corrected chi connectivity index (χ3v) is 8.88. The average Bonchev–Trinajstić information content (AvgIpc) is 2.93. The summed E-state index contributed by atoms with van der Waals surface area (Å²) in [5.41, 5.74) is 1.14. The summed E-state index contributed by atoms with van der Waals surface area (Å²) in [5, 5.41) is 0.733. The van der Waals surface area contributed by atoms with Crippen molar-refractivity contribution in [2.45, 2.75) is 37.0 Å². The van der Waals surface area contributed by atoms with Gasteiger partial charge in [0.2, 0.25) is 0 Å². The summed E-state index contributed by atoms with van der Waals surface area (Å²) in [7, 11) is -2.47. The number of carbonyl (C=O) groups excluding carboxylic acids is 1. The van der Waals surface area contributed by atoms with Gasteiger partial charge >= 0.3 is 0 Å². The van der Waals surface area contributed by atoms with Crippen LogP contribution in [0.2, 0.25) is 0 Å². The Balaban J connectivity index is 1.27. The molecule has 1 amide bonds. The molecule has 1 saturated heterocycles. The molecule has 9 heteroatoms. The van der Waals surface area contributed by atoms with Gasteiger partial charge in [-0.1, -0.05) is 37.5 Å². The molecule has 3 aromatic rings. The third-order valence-electron chi connectivity index (χ3n) is 7.48. The lowest BCUT2D eigenvalue weighted by molar-refractivity contribution is 0.0606. The van der Waals surface area contributed by atoms with E-state index >= 15 is 0 Å². The van der Waals surface area contributed by atoms with E-state index in [1.807, 2.05) is 17.0 Å². The molecule has 1 aliphatic heterocycles. The van der Waals surface area contributed by atoms with Gasteiger partial charge in [0.1, 0.15) is 10.6 Å². The second kappa shape index (κ2) is 11.1. The van der Waals surface area contributed by atoms with E-state index in [1.165, 1.54) is 45.3 Å². The van der Waals surface area contributed by atoms with Gasteiger partial charge in [-0.15, -0.1) is 0 Å². The predicted molar refractivity (Wildman–Crippen MR) is 144 cm³/mol. The zero-order chi connectivity index (χ0) is 25.8. The maximum absolute atomic E-state index is 13.2. The first kappa shape index (κ1) is 25.5. The highest BCUT2D eigenvalue weighted by Crippen LogP contribution is 2.30. The monoisotopic (exact) mass is 522 g/mol. The van der Waals surface area contributed by atoms with Crippen LogP contribution in [0, 0.1) is 5.92 Å². The van der Waals surface area contributed by atoms with Crippen molar-refractivity contribution in [2.24, 2.45) is 5.92 Å². The van der Waals surface area contributed by atoms with Crippen LogP contribution in [0.4, 0.5) is 5.69 Å². The molecule has 1 N–H and O–H groups in total. The number of para-hydroxylation sites is 1. The normalized spacial score (nSPS) is 17.6. The molecule has 2 aliphatic rings. The molecule has 0 bridgehead atoms. The zero-order valence-corrected chi connectivity index (χ0v) is 22.0. The number of hydrogen-bond donors (Lipinski definition) is 1. The van der Waals surface area contributed by atoms with Crippen LogP contribution in [-0.2, 0) is 10.0 Å². The van der Waals surface area contributed by atoms with Crippen LogP contribution in [0.1, 0.15) is 42.5 Å². The minimum absolute atomic E-state index is 0.0664. The Kier molecular flexibility index (Phi) is 7.62. The lowest BCUT2D eigenvalue weighted by Gasteiger charge is -2.37. The van der Waals surface area contributed by atoms with Gasteiger partial charge < -0.3 is 9.64 Å². The summed E-state index contributed by atoms with van der Waals surface area (Å²) in [6.45, 7) is 4.29. The highest BCUT2D eigenvalue weighted by atomic mass is 32.2. The minimum atomic E-state index is -3.94. The third kappa shape index (κ3) is 5.72. The molecule has 0 radical (unpaired) electrons. The number of benzene rings is 2. The SMILES string of the molecule is COc1cc(C(=O)N2CCN(CC3CCCCC3)CC2)ccc1NS(=O)(=O)c1cccc2cccnc12. The molecule has 5 rings (SSSR count). The number of rotatable bonds is 7. The summed E-state index contributed by atoms with van der Waals surface area (Å²) in [5.74, 6) is 1.02. The number of aromatic nitrogens is 1. The fourth-order valence-corrected chi connectivity index (χ4v) is 6.70. The lowest BCUT2D eigenvalue weighted by Crippen LogP contribution is -2.49. The van der Waals surface area contributed by atoms with E-state index < -0.39 is 10.0 Å². The Morgan fingerprint density at radius 2 is 1.78 bits per heavy atom. The summed E-state index contributed by atoms with van der Waals surface area (Å²) >= 11 is 0. The van der Waals surface area contributed by atoms with E-state index in [1.54, 1.807) is 36.5 Å². The number of pyridine rings is 1. The maximum Gasteiger partial charge on any atom is 0.264 e. The summed E-state index contributed by atoms with van der Waals surface area (Å²) in [6.07, 6.45) is 8.27. The van der Waals surface area contributed by atoms with Gasteiger partial charge in [-0.25, -0.2) is 8.42 Å². The number of nitrogens with one attached hydrogen (secondary N) is 1. The molecule has 1 aliphatic carbocycles. The average molecular weight is 523 g/mol. The smallest absolute Gasteiger partial charge is 0.264 e. The van der Waals surface area contributed by atoms with Crippen LogP contribution < -0.4 is 9.46 Å². The number of ether oxygens (including phenoxy) is 1. The molecule has 1 saturated carbocycles. The fourth-order valence-electron chi connectivity index (χ4n) is 5.45. The van der Waals surface area contributed by atoms with Crippen LogP contribution >= 0.6 is 0 Å². The van der Waals surface area contributed by atoms with E-state index in [0.29, 0.717) is 29.9 Å². The summed E-state index contributed by atoms with van der Waals surface area (Å²) in [6, 6.07) is 13.5. The predicted octanol–water partition coefficient (Wildman–Crippen LogP) is 4.38. The van der Waals surface area contributed by atoms with Crippen molar-refractivity contribution in [3.05, 3.63) is 60.3 Å². The molecule has 0 unspecified atom stereocenters. The topological polar surface area (TPSA) is 91.8 Å². The van der Waals surface area contributed by atoms with Crippen molar-refractivity contribution >= 4 is 32.5 Å². The molecule has 196 valence electrons. The number of carbonyl (C=O) groups is 1. The van der Waals surface area contributed by atoms with Crippen molar-refractivity contribution in [1.82, 2.24) is 14.8 Å². The van der Waals surface area contributed by atoms with Gasteiger partial charge in [0.25, 0.3) is 15.9 Å². The number of sulfonamides is 1. The van der Waals surface area contributed by atoms with Crippen molar-refractivity contribution in [2.75, 3.05) is 44.6 Å². The number of fused-ring (bicyclic) bond motifs is 1. The lowest BCUT2D eigenvalue weighted by atomic mass is 9.89. The number of anilines is 1. The zero-order valence-electron chi connectivity index (χ0n) is 21.2. The van der Waals surface area contributed by atoms with Crippen LogP contribution in [0.25, 0.3) is 10.9 Å². The minimum Gasteiger partial charge on any atom is -0.495 e. The van der Waals surface area contributed by atoms with Crippen molar-refractivity contribution < 1.29 is 17.9 Å². The van der Waals surface area contributed by atoms with Crippen molar-refractivity contribution in [1.29, 1.82) is 0 Å². The standard InChI is InChI=1S/C28H34N4O4S/c1-36-25-19-23(28(33)32-17-15-31(16-18-32)20-21-7-3-2-4-8-21)12-13-24(25)30-37(34,35)26-11-5-9-22-10-6-14-29-27(22)26/h5-6,9-14,19,21,30H,2-4,7-8,15-18,20H2,1H3. The van der Waals surface area contributed by atoms with E-state index in [0.717, 1.165) is 30.9 Å². The molecular weight excluding hydrogens is 488 g/mol. The van der Waals surface area contributed by atoms with E-state index in [9.17, 15) is 13.2 Å². The van der Waals surface area contributed by atoms with Crippen molar-refractivity contribution in [3.63, 3.8) is 0 Å². The first-order valence-electron chi connectivity index (χ1n) is 13.0. The Morgan fingerprint density at radius 1 is 1.03 bits per heavy atom. The molecule has 1 aromatic heterocycles.